The Morgan fingerprint density at radius 2 is 1.76 bits per heavy atom. The van der Waals surface area contributed by atoms with Gasteiger partial charge in [-0.3, -0.25) is 19.3 Å². The van der Waals surface area contributed by atoms with E-state index in [0.29, 0.717) is 37.1 Å². The Morgan fingerprint density at radius 1 is 1.08 bits per heavy atom. The molecule has 1 N–H and O–H groups in total. The molecule has 2 aliphatic heterocycles. The maximum absolute atomic E-state index is 13.9. The van der Waals surface area contributed by atoms with Crippen LogP contribution in [0.3, 0.4) is 0 Å². The maximum atomic E-state index is 13.9. The van der Waals surface area contributed by atoms with E-state index in [0.717, 1.165) is 17.7 Å². The Hall–Kier alpha value is -3.40. The molecule has 0 radical (unpaired) electrons. The van der Waals surface area contributed by atoms with E-state index in [1.807, 2.05) is 32.9 Å². The van der Waals surface area contributed by atoms with E-state index < -0.39 is 29.4 Å². The van der Waals surface area contributed by atoms with Gasteiger partial charge in [0.15, 0.2) is 0 Å². The van der Waals surface area contributed by atoms with Crippen LogP contribution in [0.1, 0.15) is 53.7 Å². The van der Waals surface area contributed by atoms with E-state index in [2.05, 4.69) is 5.32 Å². The third-order valence-electron chi connectivity index (χ3n) is 7.23. The number of rotatable bonds is 5. The minimum Gasteiger partial charge on any atom is -0.353 e. The lowest BCUT2D eigenvalue weighted by molar-refractivity contribution is -0.146. The minimum atomic E-state index is -4.49. The molecule has 2 heterocycles. The first-order valence-electron chi connectivity index (χ1n) is 12.7. The molecule has 2 aromatic carbocycles. The van der Waals surface area contributed by atoms with Crippen molar-refractivity contribution in [3.8, 4) is 0 Å². The summed E-state index contributed by atoms with van der Waals surface area (Å²) in [5.41, 5.74) is -0.389. The lowest BCUT2D eigenvalue weighted by Crippen LogP contribution is -2.60. The maximum Gasteiger partial charge on any atom is 0.416 e. The first kappa shape index (κ1) is 27.6. The van der Waals surface area contributed by atoms with Crippen LogP contribution in [0.25, 0.3) is 0 Å². The van der Waals surface area contributed by atoms with Gasteiger partial charge in [-0.1, -0.05) is 44.2 Å². The van der Waals surface area contributed by atoms with Crippen molar-refractivity contribution in [1.29, 1.82) is 0 Å². The van der Waals surface area contributed by atoms with E-state index in [9.17, 15) is 27.6 Å². The smallest absolute Gasteiger partial charge is 0.353 e. The molecular formula is C28H32F3N3O4. The number of halogens is 3. The highest BCUT2D eigenvalue weighted by Gasteiger charge is 2.54. The van der Waals surface area contributed by atoms with Crippen LogP contribution in [0.2, 0.25) is 0 Å². The Kier molecular flexibility index (Phi) is 7.83. The van der Waals surface area contributed by atoms with Crippen molar-refractivity contribution in [1.82, 2.24) is 15.1 Å². The standard InChI is InChI=1S/C28H32F3N3O4/c1-18(2)25(36)33-13-11-27(12-14-33)34(26(37)22-10-5-4-7-19(22)3)23(17-38-27)24(35)32-16-20-8-6-9-21(15-20)28(29,30)31/h4-10,15,18,23H,11-14,16-17H2,1-3H3,(H,32,35). The monoisotopic (exact) mass is 531 g/mol. The largest absolute Gasteiger partial charge is 0.416 e. The summed E-state index contributed by atoms with van der Waals surface area (Å²) in [5, 5.41) is 2.69. The van der Waals surface area contributed by atoms with Crippen LogP contribution in [0.5, 0.6) is 0 Å². The number of hydrogen-bond donors (Lipinski definition) is 1. The molecule has 4 rings (SSSR count). The first-order chi connectivity index (χ1) is 17.9. The number of carbonyl (C=O) groups excluding carboxylic acids is 3. The molecule has 0 aliphatic carbocycles. The Morgan fingerprint density at radius 3 is 2.39 bits per heavy atom. The van der Waals surface area contributed by atoms with Gasteiger partial charge in [0.1, 0.15) is 11.8 Å². The highest BCUT2D eigenvalue weighted by Crippen LogP contribution is 2.39. The molecule has 1 unspecified atom stereocenters. The molecule has 204 valence electrons. The predicted octanol–water partition coefficient (Wildman–Crippen LogP) is 4.15. The number of likely N-dealkylation sites (tertiary alicyclic amines) is 1. The van der Waals surface area contributed by atoms with E-state index >= 15 is 0 Å². The van der Waals surface area contributed by atoms with Crippen LogP contribution in [-0.4, -0.2) is 59.0 Å². The number of piperidine rings is 1. The molecular weight excluding hydrogens is 499 g/mol. The summed E-state index contributed by atoms with van der Waals surface area (Å²) in [6.45, 7) is 6.05. The van der Waals surface area contributed by atoms with E-state index in [-0.39, 0.29) is 30.9 Å². The molecule has 1 atom stereocenters. The lowest BCUT2D eigenvalue weighted by Gasteiger charge is -2.45. The summed E-state index contributed by atoms with van der Waals surface area (Å²) in [6.07, 6.45) is -3.80. The number of benzene rings is 2. The highest BCUT2D eigenvalue weighted by molar-refractivity contribution is 5.99. The highest BCUT2D eigenvalue weighted by atomic mass is 19.4. The Bertz CT molecular complexity index is 1210. The average molecular weight is 532 g/mol. The molecule has 10 heteroatoms. The summed E-state index contributed by atoms with van der Waals surface area (Å²) in [5.74, 6) is -1.01. The summed E-state index contributed by atoms with van der Waals surface area (Å²) in [4.78, 5) is 43.0. The third kappa shape index (κ3) is 5.55. The third-order valence-corrected chi connectivity index (χ3v) is 7.23. The molecule has 3 amide bonds. The molecule has 2 aromatic rings. The zero-order valence-electron chi connectivity index (χ0n) is 21.7. The van der Waals surface area contributed by atoms with E-state index in [1.54, 1.807) is 17.0 Å². The molecule has 7 nitrogen and oxygen atoms in total. The van der Waals surface area contributed by atoms with Gasteiger partial charge in [0.25, 0.3) is 5.91 Å². The van der Waals surface area contributed by atoms with Crippen molar-refractivity contribution < 1.29 is 32.3 Å². The van der Waals surface area contributed by atoms with Crippen LogP contribution >= 0.6 is 0 Å². The molecule has 1 spiro atoms. The van der Waals surface area contributed by atoms with Crippen LogP contribution in [-0.2, 0) is 27.0 Å². The zero-order valence-corrected chi connectivity index (χ0v) is 21.7. The van der Waals surface area contributed by atoms with Gasteiger partial charge in [-0.05, 0) is 36.2 Å². The van der Waals surface area contributed by atoms with Gasteiger partial charge in [0.05, 0.1) is 12.2 Å². The summed E-state index contributed by atoms with van der Waals surface area (Å²) in [7, 11) is 0. The van der Waals surface area contributed by atoms with Gasteiger partial charge in [0, 0.05) is 44.0 Å². The fraction of sp³-hybridized carbons (Fsp3) is 0.464. The molecule has 2 saturated heterocycles. The van der Waals surface area contributed by atoms with E-state index in [1.165, 1.54) is 17.0 Å². The number of hydrogen-bond acceptors (Lipinski definition) is 4. The lowest BCUT2D eigenvalue weighted by atomic mass is 9.95. The van der Waals surface area contributed by atoms with Crippen molar-refractivity contribution in [3.63, 3.8) is 0 Å². The average Bonchev–Trinajstić information content (AvgIpc) is 3.25. The van der Waals surface area contributed by atoms with Crippen LogP contribution in [0.15, 0.2) is 48.5 Å². The Balaban J connectivity index is 1.57. The van der Waals surface area contributed by atoms with Crippen molar-refractivity contribution in [2.45, 2.75) is 58.1 Å². The van der Waals surface area contributed by atoms with Gasteiger partial charge in [-0.15, -0.1) is 0 Å². The van der Waals surface area contributed by atoms with Crippen LogP contribution in [0.4, 0.5) is 13.2 Å². The second-order valence-electron chi connectivity index (χ2n) is 10.2. The van der Waals surface area contributed by atoms with Crippen molar-refractivity contribution >= 4 is 17.7 Å². The molecule has 0 saturated carbocycles. The van der Waals surface area contributed by atoms with Gasteiger partial charge in [0.2, 0.25) is 11.8 Å². The predicted molar refractivity (Wildman–Crippen MR) is 134 cm³/mol. The summed E-state index contributed by atoms with van der Waals surface area (Å²) < 4.78 is 45.5. The van der Waals surface area contributed by atoms with E-state index in [4.69, 9.17) is 4.74 Å². The number of aryl methyl sites for hydroxylation is 1. The normalized spacial score (nSPS) is 19.2. The zero-order chi connectivity index (χ0) is 27.7. The number of carbonyl (C=O) groups is 3. The molecule has 2 aliphatic rings. The number of ether oxygens (including phenoxy) is 1. The summed E-state index contributed by atoms with van der Waals surface area (Å²) in [6, 6.07) is 10.8. The topological polar surface area (TPSA) is 79.0 Å². The fourth-order valence-corrected chi connectivity index (χ4v) is 5.12. The first-order valence-corrected chi connectivity index (χ1v) is 12.7. The molecule has 0 bridgehead atoms. The number of nitrogens with zero attached hydrogens (tertiary/aromatic N) is 2. The molecule has 38 heavy (non-hydrogen) atoms. The quantitative estimate of drug-likeness (QED) is 0.629. The number of alkyl halides is 3. The minimum absolute atomic E-state index is 0.0185. The van der Waals surface area contributed by atoms with Gasteiger partial charge < -0.3 is 15.0 Å². The van der Waals surface area contributed by atoms with Crippen molar-refractivity contribution in [2.75, 3.05) is 19.7 Å². The second kappa shape index (κ2) is 10.8. The SMILES string of the molecule is Cc1ccccc1C(=O)N1C(C(=O)NCc2cccc(C(F)(F)F)c2)COC12CCN(C(=O)C(C)C)CC2. The fourth-order valence-electron chi connectivity index (χ4n) is 5.12. The van der Waals surface area contributed by atoms with Gasteiger partial charge >= 0.3 is 6.18 Å². The van der Waals surface area contributed by atoms with Gasteiger partial charge in [-0.2, -0.15) is 13.2 Å². The molecule has 0 aromatic heterocycles. The second-order valence-corrected chi connectivity index (χ2v) is 10.2. The number of amides is 3. The van der Waals surface area contributed by atoms with Crippen LogP contribution in [0, 0.1) is 12.8 Å². The van der Waals surface area contributed by atoms with Crippen molar-refractivity contribution in [2.24, 2.45) is 5.92 Å². The summed E-state index contributed by atoms with van der Waals surface area (Å²) >= 11 is 0. The Labute approximate surface area is 219 Å². The number of nitrogens with one attached hydrogen (secondary N) is 1. The van der Waals surface area contributed by atoms with Gasteiger partial charge in [-0.25, -0.2) is 0 Å². The van der Waals surface area contributed by atoms with Crippen LogP contribution < -0.4 is 5.32 Å². The van der Waals surface area contributed by atoms with Crippen molar-refractivity contribution in [3.05, 3.63) is 70.8 Å². The molecule has 2 fully saturated rings.